The molecule has 1 aromatic rings. The van der Waals surface area contributed by atoms with Gasteiger partial charge in [-0.3, -0.25) is 4.79 Å². The average Bonchev–Trinajstić information content (AvgIpc) is 2.83. The van der Waals surface area contributed by atoms with Gasteiger partial charge in [0.1, 0.15) is 0 Å². The van der Waals surface area contributed by atoms with E-state index in [-0.39, 0.29) is 5.91 Å². The highest BCUT2D eigenvalue weighted by atomic mass is 32.1. The summed E-state index contributed by atoms with van der Waals surface area (Å²) in [6.45, 7) is 0. The van der Waals surface area contributed by atoms with E-state index in [1.165, 1.54) is 0 Å². The van der Waals surface area contributed by atoms with Crippen molar-refractivity contribution in [1.82, 2.24) is 10.6 Å². The number of rotatable bonds is 3. The third-order valence-corrected chi connectivity index (χ3v) is 3.94. The van der Waals surface area contributed by atoms with Crippen molar-refractivity contribution in [2.75, 3.05) is 7.05 Å². The van der Waals surface area contributed by atoms with Crippen LogP contribution in [-0.2, 0) is 0 Å². The molecule has 2 rings (SSSR count). The van der Waals surface area contributed by atoms with Crippen LogP contribution in [0.1, 0.15) is 36.0 Å². The van der Waals surface area contributed by atoms with E-state index in [1.54, 1.807) is 11.3 Å². The van der Waals surface area contributed by atoms with Gasteiger partial charge in [-0.15, -0.1) is 0 Å². The number of hydrogen-bond acceptors (Lipinski definition) is 3. The van der Waals surface area contributed by atoms with Gasteiger partial charge in [0.2, 0.25) is 0 Å². The first-order valence-corrected chi connectivity index (χ1v) is 6.74. The minimum absolute atomic E-state index is 0.0779. The molecular formula is C12H18N2OS. The average molecular weight is 238 g/mol. The summed E-state index contributed by atoms with van der Waals surface area (Å²) in [4.78, 5) is 11.8. The molecule has 0 saturated heterocycles. The molecule has 3 nitrogen and oxygen atoms in total. The lowest BCUT2D eigenvalue weighted by atomic mass is 9.91. The van der Waals surface area contributed by atoms with Gasteiger partial charge in [0.15, 0.2) is 0 Å². The van der Waals surface area contributed by atoms with Crippen LogP contribution in [0.5, 0.6) is 0 Å². The number of carbonyl (C=O) groups is 1. The first-order valence-electron chi connectivity index (χ1n) is 5.80. The number of amides is 1. The topological polar surface area (TPSA) is 41.1 Å². The number of thiophene rings is 1. The van der Waals surface area contributed by atoms with Gasteiger partial charge >= 0.3 is 0 Å². The second-order valence-corrected chi connectivity index (χ2v) is 5.10. The van der Waals surface area contributed by atoms with E-state index in [2.05, 4.69) is 10.6 Å². The Kier molecular flexibility index (Phi) is 3.96. The molecule has 1 aromatic heterocycles. The van der Waals surface area contributed by atoms with Crippen molar-refractivity contribution in [3.63, 3.8) is 0 Å². The van der Waals surface area contributed by atoms with Gasteiger partial charge in [-0.05, 0) is 44.2 Å². The minimum Gasteiger partial charge on any atom is -0.349 e. The van der Waals surface area contributed by atoms with Crippen molar-refractivity contribution in [3.05, 3.63) is 22.4 Å². The van der Waals surface area contributed by atoms with E-state index in [4.69, 9.17) is 0 Å². The van der Waals surface area contributed by atoms with Crippen molar-refractivity contribution in [3.8, 4) is 0 Å². The van der Waals surface area contributed by atoms with E-state index in [0.717, 1.165) is 31.2 Å². The second kappa shape index (κ2) is 5.46. The van der Waals surface area contributed by atoms with E-state index in [1.807, 2.05) is 23.9 Å². The molecule has 1 heterocycles. The summed E-state index contributed by atoms with van der Waals surface area (Å²) in [6, 6.07) is 2.87. The molecule has 0 atom stereocenters. The predicted octanol–water partition coefficient (Wildman–Crippen LogP) is 2.01. The van der Waals surface area contributed by atoms with E-state index >= 15 is 0 Å². The molecule has 16 heavy (non-hydrogen) atoms. The Bertz CT molecular complexity index is 329. The Morgan fingerprint density at radius 3 is 2.56 bits per heavy atom. The number of hydrogen-bond donors (Lipinski definition) is 2. The Labute approximate surface area is 100 Å². The van der Waals surface area contributed by atoms with Crippen LogP contribution in [0.4, 0.5) is 0 Å². The van der Waals surface area contributed by atoms with Gasteiger partial charge in [-0.25, -0.2) is 0 Å². The van der Waals surface area contributed by atoms with Crippen molar-refractivity contribution < 1.29 is 4.79 Å². The molecule has 88 valence electrons. The molecule has 0 spiro atoms. The predicted molar refractivity (Wildman–Crippen MR) is 66.9 cm³/mol. The summed E-state index contributed by atoms with van der Waals surface area (Å²) in [6.07, 6.45) is 4.49. The smallest absolute Gasteiger partial charge is 0.252 e. The summed E-state index contributed by atoms with van der Waals surface area (Å²) in [5.74, 6) is 0.0779. The fraction of sp³-hybridized carbons (Fsp3) is 0.583. The monoisotopic (exact) mass is 238 g/mol. The highest BCUT2D eigenvalue weighted by Gasteiger charge is 2.21. The Hall–Kier alpha value is -0.870. The lowest BCUT2D eigenvalue weighted by Crippen LogP contribution is -2.41. The largest absolute Gasteiger partial charge is 0.349 e. The van der Waals surface area contributed by atoms with Crippen molar-refractivity contribution in [1.29, 1.82) is 0 Å². The third kappa shape index (κ3) is 2.83. The molecule has 0 bridgehead atoms. The van der Waals surface area contributed by atoms with E-state index in [0.29, 0.717) is 12.1 Å². The van der Waals surface area contributed by atoms with Crippen molar-refractivity contribution >= 4 is 17.2 Å². The second-order valence-electron chi connectivity index (χ2n) is 4.32. The quantitative estimate of drug-likeness (QED) is 0.845. The zero-order valence-corrected chi connectivity index (χ0v) is 10.3. The van der Waals surface area contributed by atoms with Gasteiger partial charge in [0.25, 0.3) is 5.91 Å². The Morgan fingerprint density at radius 1 is 1.31 bits per heavy atom. The standard InChI is InChI=1S/C12H18N2OS/c1-13-10-2-4-11(5-3-10)14-12(15)9-6-7-16-8-9/h6-8,10-11,13H,2-5H2,1H3,(H,14,15). The summed E-state index contributed by atoms with van der Waals surface area (Å²) in [7, 11) is 2.01. The van der Waals surface area contributed by atoms with Crippen LogP contribution in [0, 0.1) is 0 Å². The van der Waals surface area contributed by atoms with Crippen molar-refractivity contribution in [2.45, 2.75) is 37.8 Å². The molecule has 1 saturated carbocycles. The van der Waals surface area contributed by atoms with Gasteiger partial charge in [-0.1, -0.05) is 0 Å². The minimum atomic E-state index is 0.0779. The summed E-state index contributed by atoms with van der Waals surface area (Å²) in [5.41, 5.74) is 0.792. The summed E-state index contributed by atoms with van der Waals surface area (Å²) >= 11 is 1.56. The van der Waals surface area contributed by atoms with Crippen LogP contribution in [0.25, 0.3) is 0 Å². The van der Waals surface area contributed by atoms with Gasteiger partial charge in [-0.2, -0.15) is 11.3 Å². The summed E-state index contributed by atoms with van der Waals surface area (Å²) < 4.78 is 0. The highest BCUT2D eigenvalue weighted by molar-refractivity contribution is 7.08. The zero-order chi connectivity index (χ0) is 11.4. The summed E-state index contributed by atoms with van der Waals surface area (Å²) in [5, 5.41) is 10.2. The molecule has 0 unspecified atom stereocenters. The number of nitrogens with one attached hydrogen (secondary N) is 2. The van der Waals surface area contributed by atoms with Crippen LogP contribution in [0.15, 0.2) is 16.8 Å². The van der Waals surface area contributed by atoms with Crippen molar-refractivity contribution in [2.24, 2.45) is 0 Å². The fourth-order valence-electron chi connectivity index (χ4n) is 2.19. The molecule has 0 radical (unpaired) electrons. The van der Waals surface area contributed by atoms with E-state index < -0.39 is 0 Å². The maximum absolute atomic E-state index is 11.8. The molecule has 0 aromatic carbocycles. The lowest BCUT2D eigenvalue weighted by Gasteiger charge is -2.28. The van der Waals surface area contributed by atoms with Crippen LogP contribution >= 0.6 is 11.3 Å². The molecular weight excluding hydrogens is 220 g/mol. The fourth-order valence-corrected chi connectivity index (χ4v) is 2.82. The third-order valence-electron chi connectivity index (χ3n) is 3.25. The Morgan fingerprint density at radius 2 is 2.00 bits per heavy atom. The molecule has 2 N–H and O–H groups in total. The van der Waals surface area contributed by atoms with Gasteiger partial charge in [0, 0.05) is 23.0 Å². The highest BCUT2D eigenvalue weighted by Crippen LogP contribution is 2.18. The molecule has 1 fully saturated rings. The molecule has 1 aliphatic rings. The maximum atomic E-state index is 11.8. The SMILES string of the molecule is CNC1CCC(NC(=O)c2ccsc2)CC1. The first-order chi connectivity index (χ1) is 7.79. The first kappa shape index (κ1) is 11.6. The molecule has 1 aliphatic carbocycles. The normalized spacial score (nSPS) is 25.3. The maximum Gasteiger partial charge on any atom is 0.252 e. The molecule has 1 amide bonds. The van der Waals surface area contributed by atoms with Crippen LogP contribution in [0.2, 0.25) is 0 Å². The molecule has 0 aliphatic heterocycles. The van der Waals surface area contributed by atoms with E-state index in [9.17, 15) is 4.79 Å². The molecule has 4 heteroatoms. The van der Waals surface area contributed by atoms with Crippen LogP contribution in [-0.4, -0.2) is 25.0 Å². The number of carbonyl (C=O) groups excluding carboxylic acids is 1. The lowest BCUT2D eigenvalue weighted by molar-refractivity contribution is 0.0925. The van der Waals surface area contributed by atoms with Crippen LogP contribution < -0.4 is 10.6 Å². The Balaban J connectivity index is 1.81. The van der Waals surface area contributed by atoms with Gasteiger partial charge < -0.3 is 10.6 Å². The van der Waals surface area contributed by atoms with Gasteiger partial charge in [0.05, 0.1) is 0 Å². The zero-order valence-electron chi connectivity index (χ0n) is 9.53. The van der Waals surface area contributed by atoms with Crippen LogP contribution in [0.3, 0.4) is 0 Å².